The number of amides is 1. The van der Waals surface area contributed by atoms with Crippen LogP contribution in [0.3, 0.4) is 0 Å². The first-order valence-corrected chi connectivity index (χ1v) is 3.79. The van der Waals surface area contributed by atoms with E-state index in [-0.39, 0.29) is 5.24 Å². The molecule has 1 rings (SSSR count). The average molecular weight is 121 g/mol. The molecule has 1 aliphatic heterocycles. The van der Waals surface area contributed by atoms with Crippen LogP contribution < -0.4 is 5.32 Å². The monoisotopic (exact) mass is 121 g/mol. The summed E-state index contributed by atoms with van der Waals surface area (Å²) in [6, 6.07) is 0. The minimum Gasteiger partial charge on any atom is -0.336 e. The lowest BCUT2D eigenvalue weighted by Gasteiger charge is -1.76. The maximum absolute atomic E-state index is 10.1. The molecule has 0 spiro atoms. The number of carbonyl (C=O) groups is 1. The summed E-state index contributed by atoms with van der Waals surface area (Å²) in [5, 5.41) is 2.69. The summed E-state index contributed by atoms with van der Waals surface area (Å²) in [6.07, 6.45) is 0. The fraction of sp³-hybridized carbons (Fsp3) is 0.500. The van der Waals surface area contributed by atoms with Crippen LogP contribution in [-0.2, 0) is 0 Å². The number of hydrogen-bond donors (Lipinski definition) is 1. The summed E-state index contributed by atoms with van der Waals surface area (Å²) in [5.74, 6) is 0.767. The van der Waals surface area contributed by atoms with E-state index in [2.05, 4.69) is 5.32 Å². The Balaban J connectivity index is 2.37. The second-order valence-corrected chi connectivity index (χ2v) is 3.08. The zero-order valence-electron chi connectivity index (χ0n) is 2.93. The van der Waals surface area contributed by atoms with Crippen LogP contribution in [0.4, 0.5) is 4.79 Å². The predicted octanol–water partition coefficient (Wildman–Crippen LogP) is 1.05. The summed E-state index contributed by atoms with van der Waals surface area (Å²) in [4.78, 5) is 10.1. The fourth-order valence-corrected chi connectivity index (χ4v) is 1.63. The summed E-state index contributed by atoms with van der Waals surface area (Å²) < 4.78 is 0. The van der Waals surface area contributed by atoms with Crippen molar-refractivity contribution in [2.45, 2.75) is 0 Å². The first kappa shape index (κ1) is 4.33. The number of nitrogens with one attached hydrogen (secondary N) is 1. The van der Waals surface area contributed by atoms with Crippen LogP contribution in [0.15, 0.2) is 0 Å². The third kappa shape index (κ3) is 0.815. The van der Waals surface area contributed by atoms with Gasteiger partial charge in [0.25, 0.3) is 5.24 Å². The van der Waals surface area contributed by atoms with Gasteiger partial charge in [-0.1, -0.05) is 10.8 Å². The Hall–Kier alpha value is 0.170. The van der Waals surface area contributed by atoms with Gasteiger partial charge < -0.3 is 5.32 Å². The van der Waals surface area contributed by atoms with Gasteiger partial charge in [-0.2, -0.15) is 0 Å². The molecular weight excluding hydrogens is 118 g/mol. The minimum absolute atomic E-state index is 0.0833. The van der Waals surface area contributed by atoms with Crippen molar-refractivity contribution in [2.24, 2.45) is 0 Å². The van der Waals surface area contributed by atoms with Gasteiger partial charge in [-0.3, -0.25) is 4.79 Å². The van der Waals surface area contributed by atoms with Crippen LogP contribution >= 0.6 is 21.6 Å². The summed E-state index contributed by atoms with van der Waals surface area (Å²) in [5.41, 5.74) is 0. The largest absolute Gasteiger partial charge is 0.336 e. The van der Waals surface area contributed by atoms with E-state index in [1.165, 1.54) is 21.6 Å². The Kier molecular flexibility index (Phi) is 1.26. The van der Waals surface area contributed by atoms with Gasteiger partial charge in [0.1, 0.15) is 0 Å². The van der Waals surface area contributed by atoms with E-state index in [4.69, 9.17) is 0 Å². The third-order valence-corrected chi connectivity index (χ3v) is 2.25. The Morgan fingerprint density at radius 2 is 2.67 bits per heavy atom. The van der Waals surface area contributed by atoms with E-state index in [1.54, 1.807) is 0 Å². The highest BCUT2D eigenvalue weighted by Crippen LogP contribution is 2.25. The van der Waals surface area contributed by atoms with Crippen LogP contribution in [-0.4, -0.2) is 11.1 Å². The molecule has 0 aromatic rings. The van der Waals surface area contributed by atoms with Gasteiger partial charge in [-0.05, 0) is 0 Å². The van der Waals surface area contributed by atoms with Crippen molar-refractivity contribution in [1.82, 2.24) is 5.32 Å². The van der Waals surface area contributed by atoms with Crippen LogP contribution in [0.1, 0.15) is 0 Å². The molecular formula is C2H3NOS2. The van der Waals surface area contributed by atoms with Gasteiger partial charge in [-0.15, -0.1) is 0 Å². The van der Waals surface area contributed by atoms with Gasteiger partial charge in [0.15, 0.2) is 0 Å². The predicted molar refractivity (Wildman–Crippen MR) is 28.6 cm³/mol. The Bertz CT molecular complexity index is 65.9. The molecule has 1 aliphatic rings. The van der Waals surface area contributed by atoms with E-state index in [0.29, 0.717) is 0 Å². The second kappa shape index (κ2) is 1.75. The molecule has 0 aliphatic carbocycles. The molecule has 1 fully saturated rings. The lowest BCUT2D eigenvalue weighted by atomic mass is 11.2. The number of carbonyl (C=O) groups excluding carboxylic acids is 1. The maximum atomic E-state index is 10.1. The first-order chi connectivity index (χ1) is 2.89. The minimum atomic E-state index is 0.0833. The fourth-order valence-electron chi connectivity index (χ4n) is 0.201. The van der Waals surface area contributed by atoms with Gasteiger partial charge >= 0.3 is 0 Å². The molecule has 6 heavy (non-hydrogen) atoms. The molecule has 0 aromatic carbocycles. The molecule has 0 radical (unpaired) electrons. The maximum Gasteiger partial charge on any atom is 0.290 e. The molecule has 1 heterocycles. The van der Waals surface area contributed by atoms with Crippen molar-refractivity contribution in [3.8, 4) is 0 Å². The molecule has 1 N–H and O–H groups in total. The highest BCUT2D eigenvalue weighted by Gasteiger charge is 2.07. The molecule has 1 amide bonds. The third-order valence-electron chi connectivity index (χ3n) is 0.410. The Labute approximate surface area is 43.5 Å². The smallest absolute Gasteiger partial charge is 0.290 e. The lowest BCUT2D eigenvalue weighted by molar-refractivity contribution is 0.262. The summed E-state index contributed by atoms with van der Waals surface area (Å²) >= 11 is 0. The van der Waals surface area contributed by atoms with E-state index < -0.39 is 0 Å². The number of hydrogen-bond acceptors (Lipinski definition) is 3. The zero-order chi connectivity index (χ0) is 4.41. The van der Waals surface area contributed by atoms with Gasteiger partial charge in [0.05, 0.1) is 5.88 Å². The first-order valence-electron chi connectivity index (χ1n) is 1.47. The quantitative estimate of drug-likeness (QED) is 0.486. The van der Waals surface area contributed by atoms with Crippen LogP contribution in [0.25, 0.3) is 0 Å². The van der Waals surface area contributed by atoms with E-state index in [1.807, 2.05) is 0 Å². The molecule has 2 nitrogen and oxygen atoms in total. The lowest BCUT2D eigenvalue weighted by Crippen LogP contribution is -2.08. The van der Waals surface area contributed by atoms with Crippen molar-refractivity contribution < 1.29 is 4.79 Å². The topological polar surface area (TPSA) is 29.1 Å². The standard InChI is InChI=1S/C2H3NOS2/c4-2-3-1-5-6-2/h1H2,(H,3,4). The van der Waals surface area contributed by atoms with Gasteiger partial charge in [0.2, 0.25) is 0 Å². The Morgan fingerprint density at radius 3 is 2.83 bits per heavy atom. The normalized spacial score (nSPS) is 21.0. The number of rotatable bonds is 0. The molecule has 0 aromatic heterocycles. The molecule has 4 heteroatoms. The van der Waals surface area contributed by atoms with Crippen molar-refractivity contribution >= 4 is 26.8 Å². The van der Waals surface area contributed by atoms with Crippen molar-refractivity contribution in [2.75, 3.05) is 5.88 Å². The molecule has 0 bridgehead atoms. The zero-order valence-corrected chi connectivity index (χ0v) is 4.56. The van der Waals surface area contributed by atoms with Crippen molar-refractivity contribution in [3.63, 3.8) is 0 Å². The highest BCUT2D eigenvalue weighted by atomic mass is 33.1. The van der Waals surface area contributed by atoms with E-state index >= 15 is 0 Å². The summed E-state index contributed by atoms with van der Waals surface area (Å²) in [7, 11) is 2.80. The van der Waals surface area contributed by atoms with Gasteiger partial charge in [0, 0.05) is 10.8 Å². The van der Waals surface area contributed by atoms with Crippen molar-refractivity contribution in [1.29, 1.82) is 0 Å². The SMILES string of the molecule is O=C1NCSS1. The second-order valence-electron chi connectivity index (χ2n) is 0.810. The van der Waals surface area contributed by atoms with Crippen LogP contribution in [0, 0.1) is 0 Å². The molecule has 0 saturated carbocycles. The molecule has 1 saturated heterocycles. The molecule has 0 unspecified atom stereocenters. The van der Waals surface area contributed by atoms with Crippen LogP contribution in [0.2, 0.25) is 0 Å². The average Bonchev–Trinajstić information content (AvgIpc) is 1.86. The van der Waals surface area contributed by atoms with E-state index in [0.717, 1.165) is 5.88 Å². The Morgan fingerprint density at radius 1 is 1.83 bits per heavy atom. The van der Waals surface area contributed by atoms with Crippen LogP contribution in [0.5, 0.6) is 0 Å². The molecule has 0 atom stereocenters. The molecule has 34 valence electrons. The summed E-state index contributed by atoms with van der Waals surface area (Å²) in [6.45, 7) is 0. The van der Waals surface area contributed by atoms with Crippen molar-refractivity contribution in [3.05, 3.63) is 0 Å². The van der Waals surface area contributed by atoms with E-state index in [9.17, 15) is 4.79 Å². The van der Waals surface area contributed by atoms with Gasteiger partial charge in [-0.25, -0.2) is 0 Å². The highest BCUT2D eigenvalue weighted by molar-refractivity contribution is 8.82.